The van der Waals surface area contributed by atoms with Gasteiger partial charge in [0.2, 0.25) is 0 Å². The van der Waals surface area contributed by atoms with Crippen molar-refractivity contribution in [3.8, 4) is 0 Å². The molecule has 0 heterocycles. The van der Waals surface area contributed by atoms with Gasteiger partial charge in [0.25, 0.3) is 0 Å². The second-order valence-corrected chi connectivity index (χ2v) is 6.95. The summed E-state index contributed by atoms with van der Waals surface area (Å²) in [4.78, 5) is 0. The van der Waals surface area contributed by atoms with E-state index in [2.05, 4.69) is 20.4 Å². The first-order valence-corrected chi connectivity index (χ1v) is 6.72. The molecule has 0 saturated heterocycles. The number of allylic oxidation sites excluding steroid dienone is 1. The number of fused-ring (bicyclic) bond motifs is 1. The van der Waals surface area contributed by atoms with Crippen LogP contribution in [0.2, 0.25) is 0 Å². The zero-order valence-corrected chi connectivity index (χ0v) is 11.1. The Morgan fingerprint density at radius 1 is 1.25 bits per heavy atom. The van der Waals surface area contributed by atoms with E-state index in [-0.39, 0.29) is 0 Å². The Bertz CT molecular complexity index is 288. The average molecular weight is 222 g/mol. The van der Waals surface area contributed by atoms with Crippen molar-refractivity contribution >= 4 is 0 Å². The first-order valence-electron chi connectivity index (χ1n) is 6.72. The van der Waals surface area contributed by atoms with E-state index in [4.69, 9.17) is 0 Å². The molecule has 2 aliphatic carbocycles. The molecule has 3 unspecified atom stereocenters. The first-order chi connectivity index (χ1) is 7.32. The lowest BCUT2D eigenvalue weighted by atomic mass is 9.52. The van der Waals surface area contributed by atoms with Crippen LogP contribution in [0.15, 0.2) is 12.2 Å². The number of hydrogen-bond acceptors (Lipinski definition) is 1. The van der Waals surface area contributed by atoms with E-state index >= 15 is 0 Å². The molecule has 92 valence electrons. The van der Waals surface area contributed by atoms with Crippen LogP contribution in [0.4, 0.5) is 0 Å². The van der Waals surface area contributed by atoms with E-state index in [1.54, 1.807) is 0 Å². The maximum atomic E-state index is 10.3. The fraction of sp³-hybridized carbons (Fsp3) is 0.867. The van der Waals surface area contributed by atoms with E-state index in [1.165, 1.54) is 18.4 Å². The smallest absolute Gasteiger partial charge is 0.0620 e. The third kappa shape index (κ3) is 2.20. The zero-order chi connectivity index (χ0) is 12.0. The lowest BCUT2D eigenvalue weighted by Gasteiger charge is -2.53. The Kier molecular flexibility index (Phi) is 2.94. The first kappa shape index (κ1) is 12.2. The SMILES string of the molecule is C=C1CCCC(C)(O)CCC2C1CC2(C)C. The van der Waals surface area contributed by atoms with E-state index in [9.17, 15) is 5.11 Å². The Labute approximate surface area is 99.9 Å². The molecule has 0 spiro atoms. The summed E-state index contributed by atoms with van der Waals surface area (Å²) in [5.41, 5.74) is 1.47. The van der Waals surface area contributed by atoms with Crippen molar-refractivity contribution < 1.29 is 5.11 Å². The Morgan fingerprint density at radius 2 is 1.94 bits per heavy atom. The second kappa shape index (κ2) is 3.87. The molecule has 0 aliphatic heterocycles. The van der Waals surface area contributed by atoms with Crippen LogP contribution in [-0.2, 0) is 0 Å². The van der Waals surface area contributed by atoms with Gasteiger partial charge < -0.3 is 5.11 Å². The van der Waals surface area contributed by atoms with Crippen LogP contribution >= 0.6 is 0 Å². The summed E-state index contributed by atoms with van der Waals surface area (Å²) in [6.07, 6.45) is 6.60. The molecule has 2 rings (SSSR count). The molecule has 0 aromatic heterocycles. The van der Waals surface area contributed by atoms with E-state index in [1.807, 2.05) is 6.92 Å². The van der Waals surface area contributed by atoms with Crippen molar-refractivity contribution in [2.75, 3.05) is 0 Å². The largest absolute Gasteiger partial charge is 0.390 e. The molecule has 0 bridgehead atoms. The van der Waals surface area contributed by atoms with Gasteiger partial charge in [-0.2, -0.15) is 0 Å². The minimum Gasteiger partial charge on any atom is -0.390 e. The highest BCUT2D eigenvalue weighted by Crippen LogP contribution is 2.57. The number of rotatable bonds is 0. The molecule has 0 amide bonds. The highest BCUT2D eigenvalue weighted by molar-refractivity contribution is 5.13. The number of aliphatic hydroxyl groups is 1. The molecule has 0 radical (unpaired) electrons. The maximum absolute atomic E-state index is 10.3. The topological polar surface area (TPSA) is 20.2 Å². The van der Waals surface area contributed by atoms with Crippen LogP contribution < -0.4 is 0 Å². The highest BCUT2D eigenvalue weighted by atomic mass is 16.3. The summed E-state index contributed by atoms with van der Waals surface area (Å²) >= 11 is 0. The zero-order valence-electron chi connectivity index (χ0n) is 11.1. The second-order valence-electron chi connectivity index (χ2n) is 6.95. The predicted molar refractivity (Wildman–Crippen MR) is 68.2 cm³/mol. The molecule has 0 aromatic carbocycles. The highest BCUT2D eigenvalue weighted by Gasteiger charge is 2.48. The molecular formula is C15H26O. The normalized spacial score (nSPS) is 43.6. The van der Waals surface area contributed by atoms with Gasteiger partial charge in [-0.3, -0.25) is 0 Å². The van der Waals surface area contributed by atoms with Crippen molar-refractivity contribution in [1.82, 2.24) is 0 Å². The summed E-state index contributed by atoms with van der Waals surface area (Å²) in [5, 5.41) is 10.3. The van der Waals surface area contributed by atoms with Gasteiger partial charge in [0.15, 0.2) is 0 Å². The molecule has 16 heavy (non-hydrogen) atoms. The summed E-state index contributed by atoms with van der Waals surface area (Å²) < 4.78 is 0. The minimum atomic E-state index is -0.444. The van der Waals surface area contributed by atoms with Crippen LogP contribution in [0.5, 0.6) is 0 Å². The molecule has 2 aliphatic rings. The summed E-state index contributed by atoms with van der Waals surface area (Å²) in [5.74, 6) is 1.49. The van der Waals surface area contributed by atoms with Gasteiger partial charge in [-0.15, -0.1) is 0 Å². The van der Waals surface area contributed by atoms with Crippen LogP contribution in [0.3, 0.4) is 0 Å². The number of hydrogen-bond donors (Lipinski definition) is 1. The van der Waals surface area contributed by atoms with Crippen LogP contribution in [0, 0.1) is 17.3 Å². The van der Waals surface area contributed by atoms with Gasteiger partial charge in [-0.1, -0.05) is 26.0 Å². The van der Waals surface area contributed by atoms with Crippen molar-refractivity contribution in [3.05, 3.63) is 12.2 Å². The fourth-order valence-electron chi connectivity index (χ4n) is 3.74. The average Bonchev–Trinajstić information content (AvgIpc) is 2.16. The monoisotopic (exact) mass is 222 g/mol. The lowest BCUT2D eigenvalue weighted by molar-refractivity contribution is -0.0214. The third-order valence-corrected chi connectivity index (χ3v) is 4.97. The van der Waals surface area contributed by atoms with Gasteiger partial charge >= 0.3 is 0 Å². The Balaban J connectivity index is 2.11. The van der Waals surface area contributed by atoms with Crippen LogP contribution in [0.25, 0.3) is 0 Å². The minimum absolute atomic E-state index is 0.444. The molecule has 3 atom stereocenters. The fourth-order valence-corrected chi connectivity index (χ4v) is 3.74. The van der Waals surface area contributed by atoms with Crippen molar-refractivity contribution in [3.63, 3.8) is 0 Å². The van der Waals surface area contributed by atoms with Gasteiger partial charge in [0.05, 0.1) is 5.60 Å². The van der Waals surface area contributed by atoms with E-state index in [0.717, 1.165) is 37.5 Å². The summed E-state index contributed by atoms with van der Waals surface area (Å²) in [7, 11) is 0. The standard InChI is InChI=1S/C15H26O/c1-11-6-5-8-15(4,16)9-7-13-12(11)10-14(13,2)3/h12-13,16H,1,5-10H2,2-4H3. The lowest BCUT2D eigenvalue weighted by Crippen LogP contribution is -2.45. The molecular weight excluding hydrogens is 196 g/mol. The van der Waals surface area contributed by atoms with Gasteiger partial charge in [0.1, 0.15) is 0 Å². The molecule has 2 saturated carbocycles. The van der Waals surface area contributed by atoms with Crippen LogP contribution in [0.1, 0.15) is 59.3 Å². The van der Waals surface area contributed by atoms with Gasteiger partial charge in [-0.05, 0) is 62.7 Å². The Morgan fingerprint density at radius 3 is 2.56 bits per heavy atom. The van der Waals surface area contributed by atoms with Gasteiger partial charge in [0, 0.05) is 0 Å². The summed E-state index contributed by atoms with van der Waals surface area (Å²) in [6, 6.07) is 0. The van der Waals surface area contributed by atoms with Gasteiger partial charge in [-0.25, -0.2) is 0 Å². The molecule has 1 heteroatoms. The van der Waals surface area contributed by atoms with Crippen molar-refractivity contribution in [1.29, 1.82) is 0 Å². The summed E-state index contributed by atoms with van der Waals surface area (Å²) in [6.45, 7) is 11.0. The molecule has 0 aromatic rings. The third-order valence-electron chi connectivity index (χ3n) is 4.97. The predicted octanol–water partition coefficient (Wildman–Crippen LogP) is 3.92. The maximum Gasteiger partial charge on any atom is 0.0620 e. The molecule has 1 N–H and O–H groups in total. The van der Waals surface area contributed by atoms with E-state index in [0.29, 0.717) is 5.41 Å². The van der Waals surface area contributed by atoms with Crippen molar-refractivity contribution in [2.45, 2.75) is 64.9 Å². The molecule has 1 nitrogen and oxygen atoms in total. The quantitative estimate of drug-likeness (QED) is 0.616. The van der Waals surface area contributed by atoms with Crippen molar-refractivity contribution in [2.24, 2.45) is 17.3 Å². The Hall–Kier alpha value is -0.300. The van der Waals surface area contributed by atoms with E-state index < -0.39 is 5.60 Å². The van der Waals surface area contributed by atoms with Crippen LogP contribution in [-0.4, -0.2) is 10.7 Å². The molecule has 2 fully saturated rings.